The monoisotopic (exact) mass is 409 g/mol. The first-order chi connectivity index (χ1) is 13.9. The highest BCUT2D eigenvalue weighted by Gasteiger charge is 2.51. The molecule has 0 amide bonds. The summed E-state index contributed by atoms with van der Waals surface area (Å²) in [5.41, 5.74) is 1.57. The lowest BCUT2D eigenvalue weighted by Gasteiger charge is -2.32. The number of phenolic OH excluding ortho intramolecular Hbond substituents is 1. The number of benzene rings is 3. The summed E-state index contributed by atoms with van der Waals surface area (Å²) in [7, 11) is 5.42. The number of carbonyl (C=O) groups excluding carboxylic acids is 1. The molecule has 0 spiro atoms. The molecular weight excluding hydrogens is 390 g/mol. The summed E-state index contributed by atoms with van der Waals surface area (Å²) in [5.74, 6) is 0.0245. The predicted octanol–water partition coefficient (Wildman–Crippen LogP) is 4.58. The number of anilines is 1. The molecule has 1 heterocycles. The Balaban J connectivity index is 2.10. The van der Waals surface area contributed by atoms with E-state index in [2.05, 4.69) is 0 Å². The molecule has 1 N–H and O–H groups in total. The molecule has 4 rings (SSSR count). The van der Waals surface area contributed by atoms with Crippen molar-refractivity contribution in [1.29, 1.82) is 0 Å². The summed E-state index contributed by atoms with van der Waals surface area (Å²) in [5, 5.41) is 11.2. The molecule has 0 saturated carbocycles. The minimum Gasteiger partial charge on any atom is -0.507 e. The Labute approximate surface area is 174 Å². The number of fused-ring (bicyclic) bond motifs is 1. The first-order valence-electron chi connectivity index (χ1n) is 9.06. The molecule has 3 aromatic rings. The van der Waals surface area contributed by atoms with Gasteiger partial charge in [-0.2, -0.15) is 0 Å². The maximum Gasteiger partial charge on any atom is 0.340 e. The van der Waals surface area contributed by atoms with Gasteiger partial charge in [-0.3, -0.25) is 0 Å². The number of carbonyl (C=O) groups is 1. The van der Waals surface area contributed by atoms with E-state index in [0.29, 0.717) is 33.0 Å². The molecule has 1 aliphatic rings. The number of hydrogen-bond acceptors (Lipinski definition) is 5. The van der Waals surface area contributed by atoms with E-state index >= 15 is 0 Å². The zero-order valence-electron chi connectivity index (χ0n) is 16.3. The molecule has 6 heteroatoms. The fraction of sp³-hybridized carbons (Fsp3) is 0.174. The summed E-state index contributed by atoms with van der Waals surface area (Å²) >= 11 is 6.26. The number of cyclic esters (lactones) is 1. The van der Waals surface area contributed by atoms with Crippen molar-refractivity contribution >= 4 is 23.3 Å². The first-order valence-corrected chi connectivity index (χ1v) is 9.44. The molecule has 1 aliphatic heterocycles. The van der Waals surface area contributed by atoms with Crippen molar-refractivity contribution in [2.75, 3.05) is 26.1 Å². The van der Waals surface area contributed by atoms with Crippen LogP contribution >= 0.6 is 11.6 Å². The van der Waals surface area contributed by atoms with Gasteiger partial charge in [-0.25, -0.2) is 4.79 Å². The summed E-state index contributed by atoms with van der Waals surface area (Å²) in [6, 6.07) is 17.5. The number of rotatable bonds is 4. The number of methoxy groups -OCH3 is 1. The Morgan fingerprint density at radius 1 is 1.00 bits per heavy atom. The van der Waals surface area contributed by atoms with Gasteiger partial charge in [0.05, 0.1) is 12.7 Å². The van der Waals surface area contributed by atoms with Crippen LogP contribution in [0.1, 0.15) is 27.0 Å². The van der Waals surface area contributed by atoms with Crippen LogP contribution in [-0.4, -0.2) is 32.3 Å². The molecule has 0 fully saturated rings. The number of hydrogen-bond donors (Lipinski definition) is 1. The van der Waals surface area contributed by atoms with E-state index in [9.17, 15) is 9.90 Å². The Morgan fingerprint density at radius 2 is 1.76 bits per heavy atom. The number of esters is 1. The lowest BCUT2D eigenvalue weighted by atomic mass is 9.79. The SMILES string of the molecule is COc1cc(N(C)C)ccc1C1(c2cc(Cl)ccc2O)OC(=O)c2ccccc21. The fourth-order valence-electron chi connectivity index (χ4n) is 3.80. The van der Waals surface area contributed by atoms with Crippen LogP contribution in [0.2, 0.25) is 5.02 Å². The van der Waals surface area contributed by atoms with E-state index in [1.54, 1.807) is 31.4 Å². The topological polar surface area (TPSA) is 59.0 Å². The molecule has 1 atom stereocenters. The molecule has 3 aromatic carbocycles. The van der Waals surface area contributed by atoms with Gasteiger partial charge in [0.15, 0.2) is 5.60 Å². The van der Waals surface area contributed by atoms with E-state index < -0.39 is 11.6 Å². The van der Waals surface area contributed by atoms with Gasteiger partial charge in [0.1, 0.15) is 11.5 Å². The minimum atomic E-state index is -1.39. The third-order valence-corrected chi connectivity index (χ3v) is 5.43. The van der Waals surface area contributed by atoms with Crippen molar-refractivity contribution in [3.05, 3.63) is 87.9 Å². The zero-order valence-corrected chi connectivity index (χ0v) is 17.0. The molecular formula is C23H20ClNO4. The number of halogens is 1. The number of aromatic hydroxyl groups is 1. The van der Waals surface area contributed by atoms with Gasteiger partial charge in [-0.05, 0) is 36.4 Å². The smallest absolute Gasteiger partial charge is 0.340 e. The van der Waals surface area contributed by atoms with Crippen molar-refractivity contribution in [3.8, 4) is 11.5 Å². The largest absolute Gasteiger partial charge is 0.507 e. The third kappa shape index (κ3) is 2.89. The molecule has 148 valence electrons. The summed E-state index contributed by atoms with van der Waals surface area (Å²) in [4.78, 5) is 14.8. The lowest BCUT2D eigenvalue weighted by Crippen LogP contribution is -2.30. The van der Waals surface area contributed by atoms with Gasteiger partial charge >= 0.3 is 5.97 Å². The van der Waals surface area contributed by atoms with Gasteiger partial charge < -0.3 is 19.5 Å². The number of nitrogens with zero attached hydrogens (tertiary/aromatic N) is 1. The average Bonchev–Trinajstić information content (AvgIpc) is 3.02. The van der Waals surface area contributed by atoms with E-state index in [-0.39, 0.29) is 5.75 Å². The van der Waals surface area contributed by atoms with Crippen LogP contribution in [0, 0.1) is 0 Å². The predicted molar refractivity (Wildman–Crippen MR) is 112 cm³/mol. The van der Waals surface area contributed by atoms with Crippen LogP contribution in [0.25, 0.3) is 0 Å². The highest BCUT2D eigenvalue weighted by Crippen LogP contribution is 2.52. The van der Waals surface area contributed by atoms with Crippen molar-refractivity contribution in [3.63, 3.8) is 0 Å². The maximum atomic E-state index is 12.8. The Bertz CT molecular complexity index is 1110. The van der Waals surface area contributed by atoms with Gasteiger partial charge in [0, 0.05) is 47.6 Å². The van der Waals surface area contributed by atoms with Crippen LogP contribution in [0.4, 0.5) is 5.69 Å². The first kappa shape index (κ1) is 19.2. The van der Waals surface area contributed by atoms with Crippen LogP contribution in [-0.2, 0) is 10.3 Å². The fourth-order valence-corrected chi connectivity index (χ4v) is 3.97. The molecule has 29 heavy (non-hydrogen) atoms. The van der Waals surface area contributed by atoms with E-state index in [1.807, 2.05) is 49.3 Å². The second kappa shape index (κ2) is 7.01. The molecule has 1 unspecified atom stereocenters. The molecule has 5 nitrogen and oxygen atoms in total. The summed E-state index contributed by atoms with van der Waals surface area (Å²) in [6.45, 7) is 0. The van der Waals surface area contributed by atoms with Crippen molar-refractivity contribution in [2.45, 2.75) is 5.60 Å². The molecule has 0 saturated heterocycles. The standard InChI is InChI=1S/C23H20ClNO4/c1-25(2)15-9-10-18(21(13-15)28-3)23(19-12-14(24)8-11-20(19)26)17-7-5-4-6-16(17)22(27)29-23/h4-13,26H,1-3H3. The maximum absolute atomic E-state index is 12.8. The number of phenols is 1. The van der Waals surface area contributed by atoms with Crippen LogP contribution < -0.4 is 9.64 Å². The number of ether oxygens (including phenoxy) is 2. The van der Waals surface area contributed by atoms with Crippen LogP contribution in [0.3, 0.4) is 0 Å². The van der Waals surface area contributed by atoms with Gasteiger partial charge in [-0.1, -0.05) is 29.8 Å². The van der Waals surface area contributed by atoms with Crippen molar-refractivity contribution in [2.24, 2.45) is 0 Å². The third-order valence-electron chi connectivity index (χ3n) is 5.19. The molecule has 0 bridgehead atoms. The van der Waals surface area contributed by atoms with E-state index in [1.165, 1.54) is 6.07 Å². The Morgan fingerprint density at radius 3 is 2.48 bits per heavy atom. The quantitative estimate of drug-likeness (QED) is 0.639. The molecule has 0 radical (unpaired) electrons. The van der Waals surface area contributed by atoms with E-state index in [0.717, 1.165) is 5.69 Å². The Hall–Kier alpha value is -3.18. The highest BCUT2D eigenvalue weighted by molar-refractivity contribution is 6.30. The van der Waals surface area contributed by atoms with Gasteiger partial charge in [-0.15, -0.1) is 0 Å². The van der Waals surface area contributed by atoms with Crippen LogP contribution in [0.5, 0.6) is 11.5 Å². The van der Waals surface area contributed by atoms with Crippen molar-refractivity contribution in [1.82, 2.24) is 0 Å². The highest BCUT2D eigenvalue weighted by atomic mass is 35.5. The molecule has 0 aromatic heterocycles. The average molecular weight is 410 g/mol. The van der Waals surface area contributed by atoms with Crippen LogP contribution in [0.15, 0.2) is 60.7 Å². The van der Waals surface area contributed by atoms with E-state index in [4.69, 9.17) is 21.1 Å². The minimum absolute atomic E-state index is 0.0300. The molecule has 0 aliphatic carbocycles. The second-order valence-corrected chi connectivity index (χ2v) is 7.49. The lowest BCUT2D eigenvalue weighted by molar-refractivity contribution is 0.0239. The van der Waals surface area contributed by atoms with Gasteiger partial charge in [0.25, 0.3) is 0 Å². The second-order valence-electron chi connectivity index (χ2n) is 7.06. The van der Waals surface area contributed by atoms with Crippen molar-refractivity contribution < 1.29 is 19.4 Å². The Kier molecular flexibility index (Phi) is 4.63. The summed E-state index contributed by atoms with van der Waals surface area (Å²) < 4.78 is 11.7. The van der Waals surface area contributed by atoms with Gasteiger partial charge in [0.2, 0.25) is 0 Å². The normalized spacial score (nSPS) is 17.6. The summed E-state index contributed by atoms with van der Waals surface area (Å²) in [6.07, 6.45) is 0. The zero-order chi connectivity index (χ0) is 20.8.